The lowest BCUT2D eigenvalue weighted by Gasteiger charge is -2.04. The van der Waals surface area contributed by atoms with Gasteiger partial charge in [-0.05, 0) is 15.8 Å². The van der Waals surface area contributed by atoms with Crippen molar-refractivity contribution in [1.29, 1.82) is 0 Å². The quantitative estimate of drug-likeness (QED) is 0.434. The maximum Gasteiger partial charge on any atom is 0.175 e. The van der Waals surface area contributed by atoms with Gasteiger partial charge in [0.05, 0.1) is 26.4 Å². The molecular formula is C8H19NO3P2. The summed E-state index contributed by atoms with van der Waals surface area (Å²) in [6.07, 6.45) is 2.30. The van der Waals surface area contributed by atoms with E-state index in [-0.39, 0.29) is 0 Å². The Labute approximate surface area is 89.9 Å². The standard InChI is InChI=1S/C8H19NO3P2/c1-2-3-4-10-5-6-11-7-8-12-14-9-13/h2-8,13H2,1H3. The fraction of sp³-hybridized carbons (Fsp3) is 1.00. The number of hydrogen-bond donors (Lipinski definition) is 0. The Morgan fingerprint density at radius 1 is 1.07 bits per heavy atom. The zero-order valence-corrected chi connectivity index (χ0v) is 10.7. The van der Waals surface area contributed by atoms with Gasteiger partial charge in [0.25, 0.3) is 0 Å². The molecule has 0 saturated heterocycles. The molecule has 0 N–H and O–H groups in total. The minimum absolute atomic E-state index is 0.578. The highest BCUT2D eigenvalue weighted by molar-refractivity contribution is 7.31. The van der Waals surface area contributed by atoms with Crippen molar-refractivity contribution in [3.8, 4) is 0 Å². The first-order valence-corrected chi connectivity index (χ1v) is 6.07. The first-order chi connectivity index (χ1) is 6.91. The van der Waals surface area contributed by atoms with Crippen molar-refractivity contribution in [2.24, 2.45) is 4.52 Å². The third-order valence-corrected chi connectivity index (χ3v) is 2.11. The zero-order chi connectivity index (χ0) is 10.5. The lowest BCUT2D eigenvalue weighted by Crippen LogP contribution is -2.08. The lowest BCUT2D eigenvalue weighted by molar-refractivity contribution is 0.0374. The van der Waals surface area contributed by atoms with Crippen LogP contribution in [0.5, 0.6) is 0 Å². The molecular weight excluding hydrogens is 220 g/mol. The molecule has 0 aliphatic carbocycles. The summed E-state index contributed by atoms with van der Waals surface area (Å²) < 4.78 is 19.3. The Balaban J connectivity index is 2.85. The van der Waals surface area contributed by atoms with E-state index in [0.29, 0.717) is 35.0 Å². The van der Waals surface area contributed by atoms with Crippen LogP contribution in [0.2, 0.25) is 0 Å². The van der Waals surface area contributed by atoms with Gasteiger partial charge in [-0.2, -0.15) is 0 Å². The number of ether oxygens (including phenoxy) is 2. The molecule has 4 nitrogen and oxygen atoms in total. The van der Waals surface area contributed by atoms with Gasteiger partial charge in [0.2, 0.25) is 0 Å². The predicted molar refractivity (Wildman–Crippen MR) is 61.6 cm³/mol. The molecule has 1 unspecified atom stereocenters. The van der Waals surface area contributed by atoms with E-state index >= 15 is 0 Å². The Kier molecular flexibility index (Phi) is 13.8. The summed E-state index contributed by atoms with van der Waals surface area (Å²) in [5.74, 6) is 0. The molecule has 1 atom stereocenters. The van der Waals surface area contributed by atoms with Crippen molar-refractivity contribution < 1.29 is 14.0 Å². The topological polar surface area (TPSA) is 40.0 Å². The second-order valence-corrected chi connectivity index (χ2v) is 3.95. The normalized spacial score (nSPS) is 11.3. The van der Waals surface area contributed by atoms with Crippen LogP contribution in [-0.2, 0) is 14.0 Å². The van der Waals surface area contributed by atoms with Crippen LogP contribution in [0.25, 0.3) is 0 Å². The van der Waals surface area contributed by atoms with Crippen LogP contribution < -0.4 is 0 Å². The van der Waals surface area contributed by atoms with E-state index < -0.39 is 0 Å². The minimum atomic E-state index is 0.578. The molecule has 0 heterocycles. The zero-order valence-electron chi connectivity index (χ0n) is 8.65. The summed E-state index contributed by atoms with van der Waals surface area (Å²) in [7, 11) is 2.87. The maximum atomic E-state index is 5.31. The fourth-order valence-corrected chi connectivity index (χ4v) is 1.16. The van der Waals surface area contributed by atoms with Crippen LogP contribution >= 0.6 is 18.0 Å². The highest BCUT2D eigenvalue weighted by Gasteiger charge is 1.89. The molecule has 0 spiro atoms. The van der Waals surface area contributed by atoms with Crippen molar-refractivity contribution in [2.45, 2.75) is 19.8 Å². The van der Waals surface area contributed by atoms with E-state index in [1.165, 1.54) is 6.42 Å². The van der Waals surface area contributed by atoms with Gasteiger partial charge in [0.1, 0.15) is 0 Å². The van der Waals surface area contributed by atoms with Crippen molar-refractivity contribution >= 4 is 18.0 Å². The van der Waals surface area contributed by atoms with Crippen LogP contribution in [0.3, 0.4) is 0 Å². The summed E-state index contributed by atoms with van der Waals surface area (Å²) in [6, 6.07) is 0. The van der Waals surface area contributed by atoms with E-state index in [1.54, 1.807) is 0 Å². The molecule has 0 aliphatic rings. The molecule has 0 aromatic heterocycles. The average molecular weight is 239 g/mol. The molecule has 0 saturated carbocycles. The van der Waals surface area contributed by atoms with E-state index in [4.69, 9.17) is 14.0 Å². The van der Waals surface area contributed by atoms with Crippen LogP contribution in [0, 0.1) is 0 Å². The van der Waals surface area contributed by atoms with Crippen molar-refractivity contribution in [3.05, 3.63) is 0 Å². The van der Waals surface area contributed by atoms with E-state index in [2.05, 4.69) is 20.8 Å². The molecule has 14 heavy (non-hydrogen) atoms. The largest absolute Gasteiger partial charge is 0.379 e. The van der Waals surface area contributed by atoms with Gasteiger partial charge < -0.3 is 14.0 Å². The number of unbranched alkanes of at least 4 members (excludes halogenated alkanes) is 1. The van der Waals surface area contributed by atoms with Crippen LogP contribution in [0.1, 0.15) is 19.8 Å². The SMILES string of the molecule is CCCCOCCOCCOP=NP. The molecule has 0 bridgehead atoms. The van der Waals surface area contributed by atoms with Gasteiger partial charge in [-0.15, -0.1) is 0 Å². The summed E-state index contributed by atoms with van der Waals surface area (Å²) in [6.45, 7) is 5.47. The number of rotatable bonds is 10. The van der Waals surface area contributed by atoms with Gasteiger partial charge in [0, 0.05) is 6.61 Å². The minimum Gasteiger partial charge on any atom is -0.379 e. The summed E-state index contributed by atoms with van der Waals surface area (Å²) in [4.78, 5) is 0. The molecule has 0 rings (SSSR count). The fourth-order valence-electron chi connectivity index (χ4n) is 0.739. The van der Waals surface area contributed by atoms with Gasteiger partial charge >= 0.3 is 0 Å². The third-order valence-electron chi connectivity index (χ3n) is 1.44. The van der Waals surface area contributed by atoms with E-state index in [1.807, 2.05) is 0 Å². The second kappa shape index (κ2) is 13.4. The highest BCUT2D eigenvalue weighted by Crippen LogP contribution is 2.04. The van der Waals surface area contributed by atoms with Crippen LogP contribution in [-0.4, -0.2) is 33.0 Å². The van der Waals surface area contributed by atoms with E-state index in [0.717, 1.165) is 13.0 Å². The Morgan fingerprint density at radius 2 is 1.71 bits per heavy atom. The van der Waals surface area contributed by atoms with E-state index in [9.17, 15) is 0 Å². The second-order valence-electron chi connectivity index (χ2n) is 2.61. The lowest BCUT2D eigenvalue weighted by atomic mass is 10.4. The number of nitrogens with zero attached hydrogens (tertiary/aromatic N) is 1. The average Bonchev–Trinajstić information content (AvgIpc) is 2.21. The summed E-state index contributed by atoms with van der Waals surface area (Å²) >= 11 is 0. The Bertz CT molecular complexity index is 136. The predicted octanol–water partition coefficient (Wildman–Crippen LogP) is 2.67. The van der Waals surface area contributed by atoms with Gasteiger partial charge in [-0.1, -0.05) is 13.3 Å². The molecule has 0 amide bonds. The summed E-state index contributed by atoms with van der Waals surface area (Å²) in [5, 5.41) is 0. The van der Waals surface area contributed by atoms with Gasteiger partial charge in [-0.25, -0.2) is 4.52 Å². The molecule has 84 valence electrons. The van der Waals surface area contributed by atoms with Crippen molar-refractivity contribution in [3.63, 3.8) is 0 Å². The first kappa shape index (κ1) is 14.4. The van der Waals surface area contributed by atoms with Gasteiger partial charge in [0.15, 0.2) is 8.60 Å². The maximum absolute atomic E-state index is 5.31. The van der Waals surface area contributed by atoms with Crippen molar-refractivity contribution in [2.75, 3.05) is 33.0 Å². The molecule has 0 fully saturated rings. The highest BCUT2D eigenvalue weighted by atomic mass is 31.1. The first-order valence-electron chi connectivity index (χ1n) is 4.79. The Hall–Kier alpha value is 0.410. The Morgan fingerprint density at radius 3 is 2.36 bits per heavy atom. The number of hydrogen-bond acceptors (Lipinski definition) is 4. The van der Waals surface area contributed by atoms with Crippen LogP contribution in [0.15, 0.2) is 4.52 Å². The molecule has 6 heteroatoms. The third kappa shape index (κ3) is 12.4. The molecule has 0 aliphatic heterocycles. The van der Waals surface area contributed by atoms with Gasteiger partial charge in [-0.3, -0.25) is 0 Å². The van der Waals surface area contributed by atoms with Crippen molar-refractivity contribution in [1.82, 2.24) is 0 Å². The van der Waals surface area contributed by atoms with Crippen LogP contribution in [0.4, 0.5) is 0 Å². The molecule has 0 aromatic carbocycles. The smallest absolute Gasteiger partial charge is 0.175 e. The summed E-state index contributed by atoms with van der Waals surface area (Å²) in [5.41, 5.74) is 0. The molecule has 0 aromatic rings. The molecule has 0 radical (unpaired) electrons. The monoisotopic (exact) mass is 239 g/mol.